The van der Waals surface area contributed by atoms with Crippen molar-refractivity contribution in [3.8, 4) is 0 Å². The summed E-state index contributed by atoms with van der Waals surface area (Å²) < 4.78 is 13.2. The van der Waals surface area contributed by atoms with Crippen molar-refractivity contribution in [3.63, 3.8) is 0 Å². The summed E-state index contributed by atoms with van der Waals surface area (Å²) in [5, 5.41) is 12.1. The second-order valence-electron chi connectivity index (χ2n) is 11.7. The number of piperidine rings is 1. The fourth-order valence-corrected chi connectivity index (χ4v) is 6.70. The van der Waals surface area contributed by atoms with Crippen LogP contribution in [-0.4, -0.2) is 45.9 Å². The minimum atomic E-state index is -0.963. The number of pyridine rings is 2. The largest absolute Gasteiger partial charge is 0.378 e. The molecule has 6 heteroatoms. The molecule has 1 fully saturated rings. The van der Waals surface area contributed by atoms with E-state index in [0.717, 1.165) is 74.0 Å². The molecule has 2 aliphatic carbocycles. The summed E-state index contributed by atoms with van der Waals surface area (Å²) in [6.07, 6.45) is 8.90. The molecule has 1 aliphatic heterocycles. The molecular weight excluding hydrogens is 513 g/mol. The third-order valence-electron chi connectivity index (χ3n) is 8.99. The molecule has 4 aromatic rings. The van der Waals surface area contributed by atoms with Crippen molar-refractivity contribution in [2.24, 2.45) is 5.92 Å². The molecule has 0 saturated carbocycles. The van der Waals surface area contributed by atoms with Crippen LogP contribution in [0.1, 0.15) is 68.0 Å². The monoisotopic (exact) mass is 549 g/mol. The molecule has 1 N–H and O–H groups in total. The molecule has 0 bridgehead atoms. The van der Waals surface area contributed by atoms with E-state index in [1.807, 2.05) is 24.4 Å². The molecule has 0 spiro atoms. The third-order valence-corrected chi connectivity index (χ3v) is 8.99. The van der Waals surface area contributed by atoms with Crippen LogP contribution in [0.5, 0.6) is 0 Å². The van der Waals surface area contributed by atoms with E-state index < -0.39 is 5.60 Å². The first-order valence-electron chi connectivity index (χ1n) is 14.6. The van der Waals surface area contributed by atoms with Crippen molar-refractivity contribution in [2.45, 2.75) is 51.0 Å². The number of carbonyl (C=O) groups is 1. The summed E-state index contributed by atoms with van der Waals surface area (Å²) in [5.74, 6) is -0.329. The van der Waals surface area contributed by atoms with Crippen LogP contribution in [-0.2, 0) is 31.3 Å². The smallest absolute Gasteiger partial charge is 0.211 e. The Morgan fingerprint density at radius 2 is 1.51 bits per heavy atom. The zero-order chi connectivity index (χ0) is 28.6. The lowest BCUT2D eigenvalue weighted by molar-refractivity contribution is -0.0148. The number of hydrogen-bond donors (Lipinski definition) is 1. The molecule has 2 aromatic carbocycles. The Morgan fingerprint density at radius 1 is 0.854 bits per heavy atom. The van der Waals surface area contributed by atoms with Crippen LogP contribution in [0.25, 0.3) is 0 Å². The van der Waals surface area contributed by atoms with Crippen molar-refractivity contribution < 1.29 is 14.3 Å². The number of aromatic nitrogens is 2. The van der Waals surface area contributed by atoms with Crippen molar-refractivity contribution in [1.82, 2.24) is 14.9 Å². The summed E-state index contributed by atoms with van der Waals surface area (Å²) in [6.45, 7) is 4.19. The second kappa shape index (κ2) is 11.3. The highest BCUT2D eigenvalue weighted by Crippen LogP contribution is 2.45. The van der Waals surface area contributed by atoms with Gasteiger partial charge in [0.25, 0.3) is 0 Å². The second-order valence-corrected chi connectivity index (χ2v) is 11.7. The molecule has 210 valence electrons. The third kappa shape index (κ3) is 5.22. The molecule has 7 rings (SSSR count). The highest BCUT2D eigenvalue weighted by Gasteiger charge is 2.45. The Hall–Kier alpha value is -3.74. The van der Waals surface area contributed by atoms with Gasteiger partial charge < -0.3 is 10.0 Å². The molecule has 5 nitrogen and oxygen atoms in total. The lowest BCUT2D eigenvalue weighted by atomic mass is 9.72. The number of benzene rings is 2. The molecule has 1 unspecified atom stereocenters. The molecule has 2 aromatic heterocycles. The fourth-order valence-electron chi connectivity index (χ4n) is 6.70. The van der Waals surface area contributed by atoms with Gasteiger partial charge in [0.1, 0.15) is 17.1 Å². The summed E-state index contributed by atoms with van der Waals surface area (Å²) in [6, 6.07) is 18.8. The molecule has 1 atom stereocenters. The van der Waals surface area contributed by atoms with E-state index in [4.69, 9.17) is 4.98 Å². The van der Waals surface area contributed by atoms with Crippen molar-refractivity contribution >= 4 is 5.78 Å². The Morgan fingerprint density at radius 3 is 2.32 bits per heavy atom. The number of halogens is 1. The maximum Gasteiger partial charge on any atom is 0.211 e. The van der Waals surface area contributed by atoms with Gasteiger partial charge in [-0.15, -0.1) is 0 Å². The van der Waals surface area contributed by atoms with Crippen LogP contribution in [0, 0.1) is 18.7 Å². The van der Waals surface area contributed by atoms with Gasteiger partial charge in [0.05, 0.1) is 5.69 Å². The Labute approximate surface area is 241 Å². The topological polar surface area (TPSA) is 66.3 Å². The first-order valence-corrected chi connectivity index (χ1v) is 14.6. The highest BCUT2D eigenvalue weighted by molar-refractivity contribution is 6.10. The van der Waals surface area contributed by atoms with E-state index in [-0.39, 0.29) is 17.5 Å². The van der Waals surface area contributed by atoms with E-state index in [0.29, 0.717) is 11.3 Å². The van der Waals surface area contributed by atoms with Crippen molar-refractivity contribution in [1.29, 1.82) is 0 Å². The van der Waals surface area contributed by atoms with Crippen LogP contribution in [0.2, 0.25) is 0 Å². The number of fused-ring (bicyclic) bond motifs is 4. The van der Waals surface area contributed by atoms with E-state index in [1.165, 1.54) is 28.8 Å². The van der Waals surface area contributed by atoms with Crippen LogP contribution >= 0.6 is 0 Å². The van der Waals surface area contributed by atoms with Gasteiger partial charge in [-0.2, -0.15) is 0 Å². The lowest BCUT2D eigenvalue weighted by Crippen LogP contribution is -2.44. The molecule has 41 heavy (non-hydrogen) atoms. The average molecular weight is 550 g/mol. The SMILES string of the molecule is Cc1ccc2c(c1)C(O)(C1CCN(C)CC1)c1ncccc1CC2.O=C1c2cc(F)ccc2CCc2cccnc21. The zero-order valence-electron chi connectivity index (χ0n) is 23.7. The number of aryl methyl sites for hydroxylation is 5. The molecule has 0 amide bonds. The van der Waals surface area contributed by atoms with Crippen LogP contribution in [0.3, 0.4) is 0 Å². The van der Waals surface area contributed by atoms with E-state index in [2.05, 4.69) is 48.1 Å². The maximum atomic E-state index is 13.2. The van der Waals surface area contributed by atoms with E-state index in [1.54, 1.807) is 12.3 Å². The minimum Gasteiger partial charge on any atom is -0.378 e. The first kappa shape index (κ1) is 27.4. The fraction of sp³-hybridized carbons (Fsp3) is 0.343. The zero-order valence-corrected chi connectivity index (χ0v) is 23.7. The Balaban J connectivity index is 0.000000156. The van der Waals surface area contributed by atoms with Gasteiger partial charge in [0.15, 0.2) is 0 Å². The van der Waals surface area contributed by atoms with E-state index >= 15 is 0 Å². The molecular formula is C35H36FN3O2. The normalized spacial score (nSPS) is 20.3. The van der Waals surface area contributed by atoms with Gasteiger partial charge >= 0.3 is 0 Å². The van der Waals surface area contributed by atoms with Gasteiger partial charge in [-0.05, 0) is 118 Å². The minimum absolute atomic E-state index is 0.174. The highest BCUT2D eigenvalue weighted by atomic mass is 19.1. The lowest BCUT2D eigenvalue weighted by Gasteiger charge is -2.41. The number of nitrogens with zero attached hydrogens (tertiary/aromatic N) is 3. The van der Waals surface area contributed by atoms with Crippen LogP contribution in [0.15, 0.2) is 73.1 Å². The van der Waals surface area contributed by atoms with Gasteiger partial charge in [0.2, 0.25) is 5.78 Å². The quantitative estimate of drug-likeness (QED) is 0.334. The summed E-state index contributed by atoms with van der Waals surface area (Å²) in [5.41, 5.74) is 7.45. The Bertz CT molecular complexity index is 1590. The summed E-state index contributed by atoms with van der Waals surface area (Å²) >= 11 is 0. The standard InChI is InChI=1S/C21H26N2O.C14H10FNO/c1-15-5-6-16-7-8-17-4-3-11-22-20(17)21(24,19(16)14-15)18-9-12-23(2)13-10-18;15-11-6-5-9-3-4-10-2-1-7-16-13(10)14(17)12(9)8-11/h3-6,11,14,18,24H,7-10,12-13H2,1-2H3;1-2,5-8H,3-4H2. The van der Waals surface area contributed by atoms with Crippen LogP contribution < -0.4 is 0 Å². The first-order chi connectivity index (χ1) is 19.8. The van der Waals surface area contributed by atoms with E-state index in [9.17, 15) is 14.3 Å². The maximum absolute atomic E-state index is 13.2. The average Bonchev–Trinajstić information content (AvgIpc) is 3.21. The van der Waals surface area contributed by atoms with Gasteiger partial charge in [-0.25, -0.2) is 4.39 Å². The van der Waals surface area contributed by atoms with Gasteiger partial charge in [0, 0.05) is 23.9 Å². The number of likely N-dealkylation sites (tertiary alicyclic amines) is 1. The van der Waals surface area contributed by atoms with Crippen molar-refractivity contribution in [3.05, 3.63) is 129 Å². The summed E-state index contributed by atoms with van der Waals surface area (Å²) in [4.78, 5) is 23.4. The number of rotatable bonds is 1. The predicted molar refractivity (Wildman–Crippen MR) is 158 cm³/mol. The number of aliphatic hydroxyl groups is 1. The number of carbonyl (C=O) groups excluding carboxylic acids is 1. The van der Waals surface area contributed by atoms with Crippen LogP contribution in [0.4, 0.5) is 4.39 Å². The summed E-state index contributed by atoms with van der Waals surface area (Å²) in [7, 11) is 2.16. The number of ketones is 1. The van der Waals surface area contributed by atoms with Crippen molar-refractivity contribution in [2.75, 3.05) is 20.1 Å². The molecule has 3 aliphatic rings. The van der Waals surface area contributed by atoms with Gasteiger partial charge in [-0.1, -0.05) is 42.0 Å². The molecule has 0 radical (unpaired) electrons. The molecule has 1 saturated heterocycles. The number of hydrogen-bond acceptors (Lipinski definition) is 5. The predicted octanol–water partition coefficient (Wildman–Crippen LogP) is 5.62. The van der Waals surface area contributed by atoms with Gasteiger partial charge in [-0.3, -0.25) is 14.8 Å². The Kier molecular flexibility index (Phi) is 7.54. The molecule has 3 heterocycles.